The molecule has 0 aliphatic rings. The lowest BCUT2D eigenvalue weighted by Gasteiger charge is -1.89. The second-order valence-electron chi connectivity index (χ2n) is 1.69. The van der Waals surface area contributed by atoms with Crippen LogP contribution in [0.2, 0.25) is 5.15 Å². The molecule has 0 aliphatic carbocycles. The maximum absolute atomic E-state index is 11.9. The summed E-state index contributed by atoms with van der Waals surface area (Å²) in [5.41, 5.74) is 0. The molecule has 56 valence electrons. The van der Waals surface area contributed by atoms with Gasteiger partial charge in [0.25, 0.3) is 6.43 Å². The van der Waals surface area contributed by atoms with E-state index >= 15 is 0 Å². The number of alkyl halides is 2. The zero-order valence-electron chi connectivity index (χ0n) is 5.07. The average Bonchev–Trinajstić information content (AvgIpc) is 2.10. The van der Waals surface area contributed by atoms with Gasteiger partial charge in [0.05, 0.1) is 5.01 Å². The number of aromatic nitrogens is 1. The molecular weight excluding hydrogens is 180 g/mol. The molecule has 1 heterocycles. The Morgan fingerprint density at radius 1 is 1.60 bits per heavy atom. The van der Waals surface area contributed by atoms with Crippen LogP contribution >= 0.6 is 22.9 Å². The molecule has 0 atom stereocenters. The number of aryl methyl sites for hydroxylation is 1. The van der Waals surface area contributed by atoms with Crippen molar-refractivity contribution in [3.63, 3.8) is 0 Å². The topological polar surface area (TPSA) is 12.9 Å². The van der Waals surface area contributed by atoms with Gasteiger partial charge >= 0.3 is 0 Å². The molecule has 0 saturated carbocycles. The second kappa shape index (κ2) is 2.80. The lowest BCUT2D eigenvalue weighted by Crippen LogP contribution is -1.76. The monoisotopic (exact) mass is 183 g/mol. The van der Waals surface area contributed by atoms with Crippen LogP contribution in [-0.4, -0.2) is 4.98 Å². The van der Waals surface area contributed by atoms with Crippen LogP contribution in [0.4, 0.5) is 8.78 Å². The van der Waals surface area contributed by atoms with Gasteiger partial charge in [-0.05, 0) is 6.92 Å². The van der Waals surface area contributed by atoms with E-state index in [1.54, 1.807) is 6.92 Å². The van der Waals surface area contributed by atoms with Crippen molar-refractivity contribution >= 4 is 22.9 Å². The van der Waals surface area contributed by atoms with E-state index < -0.39 is 6.43 Å². The van der Waals surface area contributed by atoms with Crippen LogP contribution in [0, 0.1) is 6.92 Å². The largest absolute Gasteiger partial charge is 0.275 e. The van der Waals surface area contributed by atoms with Crippen LogP contribution in [0.1, 0.15) is 16.3 Å². The fourth-order valence-electron chi connectivity index (χ4n) is 0.552. The van der Waals surface area contributed by atoms with Crippen molar-refractivity contribution in [2.24, 2.45) is 0 Å². The van der Waals surface area contributed by atoms with Gasteiger partial charge in [0.1, 0.15) is 10.0 Å². The van der Waals surface area contributed by atoms with E-state index in [0.717, 1.165) is 11.3 Å². The molecule has 10 heavy (non-hydrogen) atoms. The third kappa shape index (κ3) is 1.44. The zero-order chi connectivity index (χ0) is 7.72. The van der Waals surface area contributed by atoms with Gasteiger partial charge < -0.3 is 0 Å². The molecule has 1 rings (SSSR count). The van der Waals surface area contributed by atoms with Crippen molar-refractivity contribution in [1.29, 1.82) is 0 Å². The van der Waals surface area contributed by atoms with Gasteiger partial charge in [-0.15, -0.1) is 11.3 Å². The Bertz CT molecular complexity index is 236. The van der Waals surface area contributed by atoms with Gasteiger partial charge in [0, 0.05) is 0 Å². The Morgan fingerprint density at radius 3 is 2.40 bits per heavy atom. The van der Waals surface area contributed by atoms with Gasteiger partial charge in [-0.3, -0.25) is 0 Å². The van der Waals surface area contributed by atoms with Crippen LogP contribution in [0.15, 0.2) is 0 Å². The summed E-state index contributed by atoms with van der Waals surface area (Å²) < 4.78 is 23.9. The highest BCUT2D eigenvalue weighted by Crippen LogP contribution is 2.31. The van der Waals surface area contributed by atoms with Gasteiger partial charge in [-0.2, -0.15) is 0 Å². The van der Waals surface area contributed by atoms with Crippen molar-refractivity contribution in [2.45, 2.75) is 13.3 Å². The highest BCUT2D eigenvalue weighted by Gasteiger charge is 2.15. The number of rotatable bonds is 1. The van der Waals surface area contributed by atoms with Crippen LogP contribution in [0.3, 0.4) is 0 Å². The third-order valence-electron chi connectivity index (χ3n) is 0.915. The van der Waals surface area contributed by atoms with Gasteiger partial charge in [0.15, 0.2) is 0 Å². The Balaban J connectivity index is 3.03. The van der Waals surface area contributed by atoms with Crippen LogP contribution in [0.5, 0.6) is 0 Å². The van der Waals surface area contributed by atoms with Crippen molar-refractivity contribution in [1.82, 2.24) is 4.98 Å². The summed E-state index contributed by atoms with van der Waals surface area (Å²) in [5.74, 6) is 0. The number of thiazole rings is 1. The molecule has 0 aliphatic heterocycles. The lowest BCUT2D eigenvalue weighted by atomic mass is 10.6. The summed E-state index contributed by atoms with van der Waals surface area (Å²) in [6.45, 7) is 1.64. The van der Waals surface area contributed by atoms with Crippen LogP contribution < -0.4 is 0 Å². The quantitative estimate of drug-likeness (QED) is 0.652. The minimum absolute atomic E-state index is 0.0718. The minimum atomic E-state index is -2.50. The summed E-state index contributed by atoms with van der Waals surface area (Å²) in [6, 6.07) is 0. The number of halogens is 3. The normalized spacial score (nSPS) is 10.9. The van der Waals surface area contributed by atoms with E-state index in [2.05, 4.69) is 4.98 Å². The molecule has 1 nitrogen and oxygen atoms in total. The molecule has 0 aromatic carbocycles. The highest BCUT2D eigenvalue weighted by molar-refractivity contribution is 7.12. The standard InChI is InChI=1S/C5H4ClF2NS/c1-2-9-4(6)3(10-2)5(7)8/h5H,1H3. The Morgan fingerprint density at radius 2 is 2.20 bits per heavy atom. The van der Waals surface area contributed by atoms with E-state index in [1.807, 2.05) is 0 Å². The molecule has 0 N–H and O–H groups in total. The summed E-state index contributed by atoms with van der Waals surface area (Å²) in [4.78, 5) is 3.50. The number of hydrogen-bond acceptors (Lipinski definition) is 2. The summed E-state index contributed by atoms with van der Waals surface area (Å²) >= 11 is 6.29. The van der Waals surface area contributed by atoms with Crippen molar-refractivity contribution in [3.05, 3.63) is 15.0 Å². The van der Waals surface area contributed by atoms with E-state index in [4.69, 9.17) is 11.6 Å². The van der Waals surface area contributed by atoms with Gasteiger partial charge in [0.2, 0.25) is 0 Å². The molecule has 5 heteroatoms. The zero-order valence-corrected chi connectivity index (χ0v) is 6.64. The predicted molar refractivity (Wildman–Crippen MR) is 36.8 cm³/mol. The molecule has 0 radical (unpaired) electrons. The summed E-state index contributed by atoms with van der Waals surface area (Å²) in [5, 5.41) is 0.498. The second-order valence-corrected chi connectivity index (χ2v) is 3.28. The third-order valence-corrected chi connectivity index (χ3v) is 2.29. The average molecular weight is 184 g/mol. The summed E-state index contributed by atoms with van der Waals surface area (Å²) in [6.07, 6.45) is -2.50. The molecule has 1 aromatic heterocycles. The van der Waals surface area contributed by atoms with Gasteiger partial charge in [-0.25, -0.2) is 13.8 Å². The Labute approximate surface area is 65.7 Å². The molecule has 0 spiro atoms. The van der Waals surface area contributed by atoms with E-state index in [9.17, 15) is 8.78 Å². The first kappa shape index (κ1) is 7.88. The summed E-state index contributed by atoms with van der Waals surface area (Å²) in [7, 11) is 0. The molecule has 0 fully saturated rings. The number of hydrogen-bond donors (Lipinski definition) is 0. The molecule has 1 aromatic rings. The first-order valence-corrected chi connectivity index (χ1v) is 3.71. The van der Waals surface area contributed by atoms with E-state index in [0.29, 0.717) is 5.01 Å². The van der Waals surface area contributed by atoms with Crippen molar-refractivity contribution < 1.29 is 8.78 Å². The molecule has 0 saturated heterocycles. The predicted octanol–water partition coefficient (Wildman–Crippen LogP) is 3.04. The van der Waals surface area contributed by atoms with Crippen LogP contribution in [-0.2, 0) is 0 Å². The molecule has 0 amide bonds. The van der Waals surface area contributed by atoms with E-state index in [-0.39, 0.29) is 10.0 Å². The molecule has 0 bridgehead atoms. The maximum Gasteiger partial charge on any atom is 0.275 e. The van der Waals surface area contributed by atoms with Crippen LogP contribution in [0.25, 0.3) is 0 Å². The van der Waals surface area contributed by atoms with Gasteiger partial charge in [-0.1, -0.05) is 11.6 Å². The molecule has 0 unspecified atom stereocenters. The lowest BCUT2D eigenvalue weighted by molar-refractivity contribution is 0.155. The SMILES string of the molecule is Cc1nc(Cl)c(C(F)F)s1. The Hall–Kier alpha value is -0.220. The van der Waals surface area contributed by atoms with E-state index in [1.165, 1.54) is 0 Å². The fraction of sp³-hybridized carbons (Fsp3) is 0.400. The Kier molecular flexibility index (Phi) is 2.21. The first-order valence-electron chi connectivity index (χ1n) is 2.52. The fourth-order valence-corrected chi connectivity index (χ4v) is 1.60. The van der Waals surface area contributed by atoms with Crippen molar-refractivity contribution in [3.8, 4) is 0 Å². The highest BCUT2D eigenvalue weighted by atomic mass is 35.5. The molecular formula is C5H4ClF2NS. The maximum atomic E-state index is 11.9. The number of nitrogens with zero attached hydrogens (tertiary/aromatic N) is 1. The first-order chi connectivity index (χ1) is 4.61. The van der Waals surface area contributed by atoms with Crippen molar-refractivity contribution in [2.75, 3.05) is 0 Å². The minimum Gasteiger partial charge on any atom is -0.229 e. The smallest absolute Gasteiger partial charge is 0.229 e.